The van der Waals surface area contributed by atoms with Crippen LogP contribution in [0.2, 0.25) is 0 Å². The van der Waals surface area contributed by atoms with Crippen molar-refractivity contribution in [2.75, 3.05) is 12.4 Å². The minimum Gasteiger partial charge on any atom is -0.481 e. The first kappa shape index (κ1) is 13.8. The highest BCUT2D eigenvalue weighted by Crippen LogP contribution is 2.13. The van der Waals surface area contributed by atoms with E-state index in [-0.39, 0.29) is 6.03 Å². The summed E-state index contributed by atoms with van der Waals surface area (Å²) in [6.07, 6.45) is 3.27. The third-order valence-electron chi connectivity index (χ3n) is 2.72. The highest BCUT2D eigenvalue weighted by Gasteiger charge is 2.07. The third-order valence-corrected chi connectivity index (χ3v) is 2.72. The quantitative estimate of drug-likeness (QED) is 0.893. The van der Waals surface area contributed by atoms with Crippen molar-refractivity contribution in [2.45, 2.75) is 13.5 Å². The number of carbonyl (C=O) groups is 1. The largest absolute Gasteiger partial charge is 0.481 e. The van der Waals surface area contributed by atoms with Crippen LogP contribution in [0.1, 0.15) is 11.1 Å². The minimum atomic E-state index is -0.322. The van der Waals surface area contributed by atoms with E-state index in [1.54, 1.807) is 25.6 Å². The second kappa shape index (κ2) is 6.51. The number of carbonyl (C=O) groups excluding carboxylic acids is 1. The number of hydrogen-bond acceptors (Lipinski definition) is 4. The molecule has 0 atom stereocenters. The summed E-state index contributed by atoms with van der Waals surface area (Å²) in [5.41, 5.74) is 1.71. The van der Waals surface area contributed by atoms with Crippen molar-refractivity contribution in [1.82, 2.24) is 15.3 Å². The highest BCUT2D eigenvalue weighted by atomic mass is 16.5. The summed E-state index contributed by atoms with van der Waals surface area (Å²) in [6.45, 7) is 2.21. The molecule has 0 aliphatic rings. The number of methoxy groups -OCH3 is 1. The number of hydrogen-bond donors (Lipinski definition) is 2. The predicted octanol–water partition coefficient (Wildman–Crippen LogP) is 2.12. The average molecular weight is 272 g/mol. The maximum absolute atomic E-state index is 11.8. The first-order valence-electron chi connectivity index (χ1n) is 6.15. The summed E-state index contributed by atoms with van der Waals surface area (Å²) >= 11 is 0. The van der Waals surface area contributed by atoms with Gasteiger partial charge in [0, 0.05) is 24.5 Å². The molecule has 104 valence electrons. The van der Waals surface area contributed by atoms with Gasteiger partial charge in [-0.15, -0.1) is 0 Å². The number of nitrogens with one attached hydrogen (secondary N) is 2. The second-order valence-corrected chi connectivity index (χ2v) is 4.15. The number of urea groups is 1. The van der Waals surface area contributed by atoms with Gasteiger partial charge in [-0.25, -0.2) is 14.8 Å². The Morgan fingerprint density at radius 2 is 2.00 bits per heavy atom. The van der Waals surface area contributed by atoms with Crippen LogP contribution in [0.5, 0.6) is 5.88 Å². The lowest BCUT2D eigenvalue weighted by molar-refractivity contribution is 0.251. The van der Waals surface area contributed by atoms with Crippen LogP contribution in [0, 0.1) is 6.92 Å². The van der Waals surface area contributed by atoms with E-state index in [2.05, 4.69) is 20.6 Å². The molecule has 0 aliphatic carbocycles. The Morgan fingerprint density at radius 3 is 2.75 bits per heavy atom. The van der Waals surface area contributed by atoms with E-state index >= 15 is 0 Å². The lowest BCUT2D eigenvalue weighted by Gasteiger charge is -2.10. The molecule has 2 rings (SSSR count). The molecule has 0 fully saturated rings. The molecule has 2 aromatic rings. The lowest BCUT2D eigenvalue weighted by Crippen LogP contribution is -2.29. The molecule has 0 aliphatic heterocycles. The number of ether oxygens (including phenoxy) is 1. The summed E-state index contributed by atoms with van der Waals surface area (Å²) in [5, 5.41) is 5.43. The predicted molar refractivity (Wildman–Crippen MR) is 75.6 cm³/mol. The molecule has 0 spiro atoms. The van der Waals surface area contributed by atoms with E-state index in [4.69, 9.17) is 4.74 Å². The maximum Gasteiger partial charge on any atom is 0.320 e. The van der Waals surface area contributed by atoms with E-state index in [0.717, 1.165) is 11.1 Å². The van der Waals surface area contributed by atoms with E-state index in [1.807, 2.05) is 25.1 Å². The van der Waals surface area contributed by atoms with Crippen LogP contribution in [0.15, 0.2) is 36.7 Å². The number of anilines is 1. The zero-order valence-electron chi connectivity index (χ0n) is 11.4. The van der Waals surface area contributed by atoms with Crippen LogP contribution in [0.3, 0.4) is 0 Å². The molecule has 0 saturated carbocycles. The Kier molecular flexibility index (Phi) is 4.49. The summed E-state index contributed by atoms with van der Waals surface area (Å²) in [7, 11) is 1.54. The summed E-state index contributed by atoms with van der Waals surface area (Å²) < 4.78 is 5.12. The third kappa shape index (κ3) is 3.44. The van der Waals surface area contributed by atoms with Crippen LogP contribution in [0.25, 0.3) is 0 Å². The van der Waals surface area contributed by atoms with Crippen LogP contribution in [-0.2, 0) is 6.54 Å². The van der Waals surface area contributed by atoms with Crippen molar-refractivity contribution < 1.29 is 9.53 Å². The topological polar surface area (TPSA) is 76.1 Å². The van der Waals surface area contributed by atoms with Crippen molar-refractivity contribution in [3.63, 3.8) is 0 Å². The van der Waals surface area contributed by atoms with E-state index in [0.29, 0.717) is 18.2 Å². The molecule has 2 N–H and O–H groups in total. The SMILES string of the molecule is COc1ncccc1CNC(=O)Nc1ncccc1C. The standard InChI is InChI=1S/C14H16N4O2/c1-10-5-3-7-15-12(10)18-14(19)17-9-11-6-4-8-16-13(11)20-2/h3-8H,9H2,1-2H3,(H2,15,17,18,19). The number of aryl methyl sites for hydroxylation is 1. The molecule has 20 heavy (non-hydrogen) atoms. The van der Waals surface area contributed by atoms with Gasteiger partial charge in [-0.05, 0) is 24.6 Å². The first-order chi connectivity index (χ1) is 9.70. The normalized spacial score (nSPS) is 9.90. The van der Waals surface area contributed by atoms with E-state index in [9.17, 15) is 4.79 Å². The Bertz CT molecular complexity index is 601. The highest BCUT2D eigenvalue weighted by molar-refractivity contribution is 5.88. The molecule has 0 aromatic carbocycles. The minimum absolute atomic E-state index is 0.322. The van der Waals surface area contributed by atoms with Crippen molar-refractivity contribution in [3.05, 3.63) is 47.8 Å². The monoisotopic (exact) mass is 272 g/mol. The van der Waals surface area contributed by atoms with Gasteiger partial charge in [0.05, 0.1) is 7.11 Å². The zero-order valence-corrected chi connectivity index (χ0v) is 11.4. The van der Waals surface area contributed by atoms with Gasteiger partial charge < -0.3 is 10.1 Å². The number of rotatable bonds is 4. The van der Waals surface area contributed by atoms with Gasteiger partial charge in [0.15, 0.2) is 0 Å². The fourth-order valence-corrected chi connectivity index (χ4v) is 1.69. The Hall–Kier alpha value is -2.63. The molecular formula is C14H16N4O2. The molecule has 6 heteroatoms. The van der Waals surface area contributed by atoms with Gasteiger partial charge in [0.2, 0.25) is 5.88 Å². The fourth-order valence-electron chi connectivity index (χ4n) is 1.69. The molecule has 0 saturated heterocycles. The van der Waals surface area contributed by atoms with Crippen LogP contribution >= 0.6 is 0 Å². The smallest absolute Gasteiger partial charge is 0.320 e. The summed E-state index contributed by atoms with van der Waals surface area (Å²) in [6, 6.07) is 7.02. The van der Waals surface area contributed by atoms with E-state index in [1.165, 1.54) is 0 Å². The van der Waals surface area contributed by atoms with E-state index < -0.39 is 0 Å². The van der Waals surface area contributed by atoms with Gasteiger partial charge in [0.25, 0.3) is 0 Å². The Balaban J connectivity index is 1.94. The van der Waals surface area contributed by atoms with Gasteiger partial charge in [-0.3, -0.25) is 5.32 Å². The van der Waals surface area contributed by atoms with Crippen molar-refractivity contribution >= 4 is 11.8 Å². The molecule has 0 unspecified atom stereocenters. The van der Waals surface area contributed by atoms with Crippen molar-refractivity contribution in [3.8, 4) is 5.88 Å². The number of aromatic nitrogens is 2. The molecule has 2 aromatic heterocycles. The van der Waals surface area contributed by atoms with Crippen molar-refractivity contribution in [1.29, 1.82) is 0 Å². The summed E-state index contributed by atoms with van der Waals surface area (Å²) in [4.78, 5) is 20.0. The fraction of sp³-hybridized carbons (Fsp3) is 0.214. The number of pyridine rings is 2. The molecule has 2 heterocycles. The van der Waals surface area contributed by atoms with Gasteiger partial charge in [-0.1, -0.05) is 12.1 Å². The second-order valence-electron chi connectivity index (χ2n) is 4.15. The van der Waals surface area contributed by atoms with Gasteiger partial charge >= 0.3 is 6.03 Å². The average Bonchev–Trinajstić information content (AvgIpc) is 2.48. The molecule has 6 nitrogen and oxygen atoms in total. The lowest BCUT2D eigenvalue weighted by atomic mass is 10.2. The van der Waals surface area contributed by atoms with Crippen molar-refractivity contribution in [2.24, 2.45) is 0 Å². The number of nitrogens with zero attached hydrogens (tertiary/aromatic N) is 2. The van der Waals surface area contributed by atoms with Crippen LogP contribution in [-0.4, -0.2) is 23.1 Å². The Morgan fingerprint density at radius 1 is 1.25 bits per heavy atom. The maximum atomic E-state index is 11.8. The van der Waals surface area contributed by atoms with Gasteiger partial charge in [0.1, 0.15) is 5.82 Å². The number of amides is 2. The van der Waals surface area contributed by atoms with Crippen LogP contribution < -0.4 is 15.4 Å². The molecule has 0 radical (unpaired) electrons. The first-order valence-corrected chi connectivity index (χ1v) is 6.15. The molecule has 0 bridgehead atoms. The summed E-state index contributed by atoms with van der Waals surface area (Å²) in [5.74, 6) is 1.05. The molecular weight excluding hydrogens is 256 g/mol. The molecule has 2 amide bonds. The van der Waals surface area contributed by atoms with Gasteiger partial charge in [-0.2, -0.15) is 0 Å². The Labute approximate surface area is 117 Å². The van der Waals surface area contributed by atoms with Crippen LogP contribution in [0.4, 0.5) is 10.6 Å². The zero-order chi connectivity index (χ0) is 14.4.